The molecule has 0 spiro atoms. The third-order valence-electron chi connectivity index (χ3n) is 4.24. The van der Waals surface area contributed by atoms with Gasteiger partial charge in [-0.3, -0.25) is 14.1 Å². The van der Waals surface area contributed by atoms with Crippen LogP contribution in [0.5, 0.6) is 0 Å². The fourth-order valence-electron chi connectivity index (χ4n) is 2.72. The molecule has 0 aliphatic carbocycles. The van der Waals surface area contributed by atoms with Gasteiger partial charge in [0.2, 0.25) is 15.9 Å². The lowest BCUT2D eigenvalue weighted by molar-refractivity contribution is -0.122. The lowest BCUT2D eigenvalue weighted by Gasteiger charge is -2.30. The minimum atomic E-state index is -3.63. The van der Waals surface area contributed by atoms with E-state index in [4.69, 9.17) is 0 Å². The quantitative estimate of drug-likeness (QED) is 0.807. The maximum atomic E-state index is 12.7. The second-order valence-electron chi connectivity index (χ2n) is 6.29. The molecule has 0 fully saturated rings. The van der Waals surface area contributed by atoms with Crippen LogP contribution < -0.4 is 9.62 Å². The van der Waals surface area contributed by atoms with Crippen molar-refractivity contribution in [3.8, 4) is 0 Å². The second-order valence-corrected chi connectivity index (χ2v) is 8.15. The van der Waals surface area contributed by atoms with Gasteiger partial charge in [-0.05, 0) is 55.7 Å². The molecule has 0 saturated carbocycles. The van der Waals surface area contributed by atoms with Crippen LogP contribution in [0.25, 0.3) is 0 Å². The highest BCUT2D eigenvalue weighted by Crippen LogP contribution is 2.25. The molecule has 2 rings (SSSR count). The van der Waals surface area contributed by atoms with E-state index in [2.05, 4.69) is 10.3 Å². The van der Waals surface area contributed by atoms with Crippen molar-refractivity contribution < 1.29 is 13.2 Å². The van der Waals surface area contributed by atoms with E-state index in [1.807, 2.05) is 26.0 Å². The summed E-state index contributed by atoms with van der Waals surface area (Å²) >= 11 is 0. The van der Waals surface area contributed by atoms with Crippen LogP contribution >= 0.6 is 0 Å². The smallest absolute Gasteiger partial charge is 0.244 e. The summed E-state index contributed by atoms with van der Waals surface area (Å²) < 4.78 is 26.1. The monoisotopic (exact) mass is 375 g/mol. The van der Waals surface area contributed by atoms with Crippen LogP contribution in [0, 0.1) is 13.8 Å². The third-order valence-corrected chi connectivity index (χ3v) is 5.42. The number of carbonyl (C=O) groups is 1. The normalized spacial score (nSPS) is 12.5. The van der Waals surface area contributed by atoms with Crippen molar-refractivity contribution in [2.24, 2.45) is 0 Å². The summed E-state index contributed by atoms with van der Waals surface area (Å²) in [6, 6.07) is 10.0. The maximum absolute atomic E-state index is 12.7. The Morgan fingerprint density at radius 3 is 2.46 bits per heavy atom. The number of rotatable bonds is 7. The van der Waals surface area contributed by atoms with E-state index in [-0.39, 0.29) is 12.5 Å². The van der Waals surface area contributed by atoms with E-state index in [0.29, 0.717) is 17.8 Å². The van der Waals surface area contributed by atoms with Crippen LogP contribution in [-0.2, 0) is 21.4 Å². The van der Waals surface area contributed by atoms with Gasteiger partial charge in [-0.2, -0.15) is 0 Å². The van der Waals surface area contributed by atoms with E-state index in [1.165, 1.54) is 4.31 Å². The molecule has 1 aromatic heterocycles. The summed E-state index contributed by atoms with van der Waals surface area (Å²) in [6.07, 6.45) is 3.13. The first-order valence-electron chi connectivity index (χ1n) is 8.48. The van der Waals surface area contributed by atoms with Crippen molar-refractivity contribution in [3.05, 3.63) is 59.4 Å². The summed E-state index contributed by atoms with van der Waals surface area (Å²) in [5.74, 6) is -0.346. The molecule has 1 aromatic carbocycles. The van der Waals surface area contributed by atoms with E-state index < -0.39 is 16.1 Å². The standard InChI is InChI=1S/C19H25N3O3S/c1-5-18(19(23)21-13-16-8-6-7-11-20-16)22(26(4,24)25)17-10-9-14(2)15(3)12-17/h6-12,18H,5,13H2,1-4H3,(H,21,23)/t18-/m1/s1. The largest absolute Gasteiger partial charge is 0.349 e. The van der Waals surface area contributed by atoms with Gasteiger partial charge < -0.3 is 5.32 Å². The Hall–Kier alpha value is -2.41. The van der Waals surface area contributed by atoms with Crippen molar-refractivity contribution in [2.45, 2.75) is 39.8 Å². The molecule has 140 valence electrons. The summed E-state index contributed by atoms with van der Waals surface area (Å²) in [5.41, 5.74) is 3.25. The highest BCUT2D eigenvalue weighted by molar-refractivity contribution is 7.92. The molecule has 6 nitrogen and oxygen atoms in total. The fourth-order valence-corrected chi connectivity index (χ4v) is 3.92. The van der Waals surface area contributed by atoms with Crippen LogP contribution in [-0.4, -0.2) is 31.6 Å². The number of aromatic nitrogens is 1. The molecule has 1 amide bonds. The molecule has 1 atom stereocenters. The first-order valence-corrected chi connectivity index (χ1v) is 10.3. The van der Waals surface area contributed by atoms with Gasteiger partial charge in [-0.15, -0.1) is 0 Å². The average molecular weight is 375 g/mol. The zero-order chi connectivity index (χ0) is 19.3. The number of nitrogens with one attached hydrogen (secondary N) is 1. The highest BCUT2D eigenvalue weighted by Gasteiger charge is 2.31. The van der Waals surface area contributed by atoms with Gasteiger partial charge >= 0.3 is 0 Å². The molecule has 26 heavy (non-hydrogen) atoms. The summed E-state index contributed by atoms with van der Waals surface area (Å²) in [6.45, 7) is 5.92. The lowest BCUT2D eigenvalue weighted by Crippen LogP contribution is -2.49. The third kappa shape index (κ3) is 4.82. The number of benzene rings is 1. The van der Waals surface area contributed by atoms with Crippen LogP contribution in [0.15, 0.2) is 42.6 Å². The molecular weight excluding hydrogens is 350 g/mol. The summed E-state index contributed by atoms with van der Waals surface area (Å²) in [5, 5.41) is 2.79. The van der Waals surface area contributed by atoms with Crippen molar-refractivity contribution in [3.63, 3.8) is 0 Å². The Morgan fingerprint density at radius 1 is 1.19 bits per heavy atom. The Balaban J connectivity index is 2.29. The number of anilines is 1. The van der Waals surface area contributed by atoms with Crippen molar-refractivity contribution in [1.29, 1.82) is 0 Å². The second kappa shape index (κ2) is 8.31. The Kier molecular flexibility index (Phi) is 6.37. The molecule has 1 N–H and O–H groups in total. The van der Waals surface area contributed by atoms with Crippen LogP contribution in [0.1, 0.15) is 30.2 Å². The fraction of sp³-hybridized carbons (Fsp3) is 0.368. The van der Waals surface area contributed by atoms with Crippen LogP contribution in [0.2, 0.25) is 0 Å². The molecule has 0 unspecified atom stereocenters. The van der Waals surface area contributed by atoms with Gasteiger partial charge in [0.05, 0.1) is 24.2 Å². The van der Waals surface area contributed by atoms with Gasteiger partial charge in [-0.25, -0.2) is 8.42 Å². The van der Waals surface area contributed by atoms with E-state index in [9.17, 15) is 13.2 Å². The number of aryl methyl sites for hydroxylation is 2. The highest BCUT2D eigenvalue weighted by atomic mass is 32.2. The Bertz CT molecular complexity index is 867. The number of hydrogen-bond acceptors (Lipinski definition) is 4. The molecule has 0 radical (unpaired) electrons. The molecule has 1 heterocycles. The zero-order valence-corrected chi connectivity index (χ0v) is 16.4. The van der Waals surface area contributed by atoms with Crippen LogP contribution in [0.4, 0.5) is 5.69 Å². The maximum Gasteiger partial charge on any atom is 0.244 e. The predicted molar refractivity (Wildman–Crippen MR) is 103 cm³/mol. The first-order chi connectivity index (χ1) is 12.2. The minimum absolute atomic E-state index is 0.251. The summed E-state index contributed by atoms with van der Waals surface area (Å²) in [7, 11) is -3.63. The molecule has 0 aliphatic heterocycles. The summed E-state index contributed by atoms with van der Waals surface area (Å²) in [4.78, 5) is 16.9. The Morgan fingerprint density at radius 2 is 1.92 bits per heavy atom. The molecular formula is C19H25N3O3S. The van der Waals surface area contributed by atoms with Gasteiger partial charge in [0, 0.05) is 6.20 Å². The van der Waals surface area contributed by atoms with Crippen molar-refractivity contribution in [1.82, 2.24) is 10.3 Å². The predicted octanol–water partition coefficient (Wildman–Crippen LogP) is 2.56. The lowest BCUT2D eigenvalue weighted by atomic mass is 10.1. The number of pyridine rings is 1. The number of hydrogen-bond donors (Lipinski definition) is 1. The van der Waals surface area contributed by atoms with E-state index in [1.54, 1.807) is 37.4 Å². The topological polar surface area (TPSA) is 79.4 Å². The molecule has 0 aliphatic rings. The van der Waals surface area contributed by atoms with Crippen LogP contribution in [0.3, 0.4) is 0 Å². The number of nitrogens with zero attached hydrogens (tertiary/aromatic N) is 2. The first kappa shape index (κ1) is 19.9. The molecule has 2 aromatic rings. The SMILES string of the molecule is CC[C@H](C(=O)NCc1ccccn1)N(c1ccc(C)c(C)c1)S(C)(=O)=O. The molecule has 7 heteroatoms. The molecule has 0 bridgehead atoms. The zero-order valence-electron chi connectivity index (χ0n) is 15.6. The van der Waals surface area contributed by atoms with Gasteiger partial charge in [-0.1, -0.05) is 19.1 Å². The van der Waals surface area contributed by atoms with E-state index >= 15 is 0 Å². The van der Waals surface area contributed by atoms with Crippen molar-refractivity contribution in [2.75, 3.05) is 10.6 Å². The van der Waals surface area contributed by atoms with Gasteiger partial charge in [0.25, 0.3) is 0 Å². The molecule has 0 saturated heterocycles. The van der Waals surface area contributed by atoms with Gasteiger partial charge in [0.1, 0.15) is 6.04 Å². The van der Waals surface area contributed by atoms with E-state index in [0.717, 1.165) is 17.4 Å². The number of sulfonamides is 1. The van der Waals surface area contributed by atoms with Gasteiger partial charge in [0.15, 0.2) is 0 Å². The minimum Gasteiger partial charge on any atom is -0.349 e. The van der Waals surface area contributed by atoms with Crippen molar-refractivity contribution >= 4 is 21.6 Å². The average Bonchev–Trinajstić information content (AvgIpc) is 2.60. The number of amides is 1. The Labute approximate surface area is 155 Å². The number of carbonyl (C=O) groups excluding carboxylic acids is 1.